The number of rotatable bonds is 8. The zero-order valence-corrected chi connectivity index (χ0v) is 20.5. The SMILES string of the molecule is CCOc1cc(/C=N/NC(=O)C(=O)Nc2cccc(Cl)c2Cl)ccc1OCc1c(F)cccc1Cl. The fourth-order valence-corrected chi connectivity index (χ4v) is 3.37. The third-order valence-electron chi connectivity index (χ3n) is 4.49. The lowest BCUT2D eigenvalue weighted by Gasteiger charge is -2.13. The first kappa shape index (κ1) is 26.3. The summed E-state index contributed by atoms with van der Waals surface area (Å²) in [7, 11) is 0. The number of nitrogens with zero attached hydrogens (tertiary/aromatic N) is 1. The summed E-state index contributed by atoms with van der Waals surface area (Å²) in [5.74, 6) is -1.72. The van der Waals surface area contributed by atoms with Crippen molar-refractivity contribution in [3.8, 4) is 11.5 Å². The Balaban J connectivity index is 1.63. The van der Waals surface area contributed by atoms with E-state index in [1.165, 1.54) is 24.4 Å². The van der Waals surface area contributed by atoms with Crippen LogP contribution in [0.5, 0.6) is 11.5 Å². The summed E-state index contributed by atoms with van der Waals surface area (Å²) in [6.07, 6.45) is 1.32. The number of ether oxygens (including phenoxy) is 2. The Morgan fingerprint density at radius 1 is 0.971 bits per heavy atom. The summed E-state index contributed by atoms with van der Waals surface area (Å²) in [6, 6.07) is 13.9. The molecule has 11 heteroatoms. The molecule has 2 N–H and O–H groups in total. The van der Waals surface area contributed by atoms with Crippen molar-refractivity contribution in [1.82, 2.24) is 5.43 Å². The molecule has 0 aliphatic rings. The first-order valence-corrected chi connectivity index (χ1v) is 11.3. The molecule has 0 spiro atoms. The van der Waals surface area contributed by atoms with E-state index in [4.69, 9.17) is 44.3 Å². The van der Waals surface area contributed by atoms with Crippen LogP contribution in [-0.2, 0) is 16.2 Å². The van der Waals surface area contributed by atoms with Gasteiger partial charge >= 0.3 is 11.8 Å². The van der Waals surface area contributed by atoms with Crippen LogP contribution in [0.25, 0.3) is 0 Å². The van der Waals surface area contributed by atoms with E-state index in [1.807, 2.05) is 0 Å². The molecule has 0 saturated heterocycles. The Labute approximate surface area is 215 Å². The molecule has 0 radical (unpaired) electrons. The van der Waals surface area contributed by atoms with Gasteiger partial charge in [0.2, 0.25) is 0 Å². The average Bonchev–Trinajstić information content (AvgIpc) is 2.83. The third-order valence-corrected chi connectivity index (χ3v) is 5.66. The van der Waals surface area contributed by atoms with Crippen LogP contribution in [0.1, 0.15) is 18.1 Å². The first-order chi connectivity index (χ1) is 16.8. The lowest BCUT2D eigenvalue weighted by molar-refractivity contribution is -0.136. The van der Waals surface area contributed by atoms with Gasteiger partial charge in [0.1, 0.15) is 12.4 Å². The molecule has 0 unspecified atom stereocenters. The molecule has 3 rings (SSSR count). The number of anilines is 1. The largest absolute Gasteiger partial charge is 0.490 e. The highest BCUT2D eigenvalue weighted by molar-refractivity contribution is 6.45. The molecule has 0 atom stereocenters. The van der Waals surface area contributed by atoms with Gasteiger partial charge in [-0.25, -0.2) is 9.82 Å². The van der Waals surface area contributed by atoms with Crippen molar-refractivity contribution in [3.63, 3.8) is 0 Å². The minimum Gasteiger partial charge on any atom is -0.490 e. The van der Waals surface area contributed by atoms with Gasteiger partial charge in [-0.1, -0.05) is 46.9 Å². The van der Waals surface area contributed by atoms with E-state index < -0.39 is 17.6 Å². The van der Waals surface area contributed by atoms with Crippen molar-refractivity contribution in [2.45, 2.75) is 13.5 Å². The maximum absolute atomic E-state index is 14.0. The van der Waals surface area contributed by atoms with E-state index in [9.17, 15) is 14.0 Å². The van der Waals surface area contributed by atoms with Crippen LogP contribution in [0, 0.1) is 5.82 Å². The second kappa shape index (κ2) is 12.4. The van der Waals surface area contributed by atoms with Gasteiger partial charge in [0.25, 0.3) is 0 Å². The Morgan fingerprint density at radius 2 is 1.71 bits per heavy atom. The van der Waals surface area contributed by atoms with Gasteiger partial charge in [-0.2, -0.15) is 5.10 Å². The van der Waals surface area contributed by atoms with E-state index in [2.05, 4.69) is 15.8 Å². The second-order valence-corrected chi connectivity index (χ2v) is 8.08. The van der Waals surface area contributed by atoms with Crippen LogP contribution in [0.15, 0.2) is 59.7 Å². The molecule has 2 amide bonds. The van der Waals surface area contributed by atoms with Crippen molar-refractivity contribution in [2.24, 2.45) is 5.10 Å². The topological polar surface area (TPSA) is 89.0 Å². The number of hydrazone groups is 1. The Hall–Kier alpha value is -3.33. The molecule has 0 aliphatic carbocycles. The highest BCUT2D eigenvalue weighted by Crippen LogP contribution is 2.31. The Kier molecular flexibility index (Phi) is 9.31. The van der Waals surface area contributed by atoms with Crippen LogP contribution in [0.4, 0.5) is 10.1 Å². The number of halogens is 4. The van der Waals surface area contributed by atoms with Gasteiger partial charge in [-0.3, -0.25) is 9.59 Å². The molecule has 0 aromatic heterocycles. The fraction of sp³-hybridized carbons (Fsp3) is 0.125. The van der Waals surface area contributed by atoms with Gasteiger partial charge in [0, 0.05) is 5.56 Å². The fourth-order valence-electron chi connectivity index (χ4n) is 2.81. The van der Waals surface area contributed by atoms with Gasteiger partial charge in [0.15, 0.2) is 11.5 Å². The molecule has 0 bridgehead atoms. The smallest absolute Gasteiger partial charge is 0.329 e. The molecular formula is C24H19Cl3FN3O4. The maximum atomic E-state index is 14.0. The van der Waals surface area contributed by atoms with Crippen LogP contribution in [-0.4, -0.2) is 24.6 Å². The highest BCUT2D eigenvalue weighted by atomic mass is 35.5. The lowest BCUT2D eigenvalue weighted by Crippen LogP contribution is -2.32. The van der Waals surface area contributed by atoms with Gasteiger partial charge in [-0.05, 0) is 55.0 Å². The van der Waals surface area contributed by atoms with Crippen molar-refractivity contribution in [3.05, 3.63) is 86.6 Å². The number of nitrogens with one attached hydrogen (secondary N) is 2. The summed E-state index contributed by atoms with van der Waals surface area (Å²) in [5.41, 5.74) is 3.09. The quantitative estimate of drug-likeness (QED) is 0.214. The number of benzene rings is 3. The summed E-state index contributed by atoms with van der Waals surface area (Å²) in [5, 5.41) is 6.74. The van der Waals surface area contributed by atoms with Crippen molar-refractivity contribution >= 4 is 58.5 Å². The van der Waals surface area contributed by atoms with Crippen molar-refractivity contribution < 1.29 is 23.5 Å². The first-order valence-electron chi connectivity index (χ1n) is 10.2. The average molecular weight is 539 g/mol. The van der Waals surface area contributed by atoms with Gasteiger partial charge < -0.3 is 14.8 Å². The maximum Gasteiger partial charge on any atom is 0.329 e. The summed E-state index contributed by atoms with van der Waals surface area (Å²) >= 11 is 17.9. The summed E-state index contributed by atoms with van der Waals surface area (Å²) < 4.78 is 25.3. The number of carbonyl (C=O) groups excluding carboxylic acids is 2. The lowest BCUT2D eigenvalue weighted by atomic mass is 10.2. The number of amides is 2. The van der Waals surface area contributed by atoms with Crippen LogP contribution < -0.4 is 20.2 Å². The second-order valence-electron chi connectivity index (χ2n) is 6.88. The zero-order valence-electron chi connectivity index (χ0n) is 18.3. The van der Waals surface area contributed by atoms with Crippen LogP contribution in [0.3, 0.4) is 0 Å². The van der Waals surface area contributed by atoms with Crippen molar-refractivity contribution in [2.75, 3.05) is 11.9 Å². The molecule has 7 nitrogen and oxygen atoms in total. The highest BCUT2D eigenvalue weighted by Gasteiger charge is 2.16. The number of carbonyl (C=O) groups is 2. The van der Waals surface area contributed by atoms with Crippen LogP contribution in [0.2, 0.25) is 15.1 Å². The number of hydrogen-bond acceptors (Lipinski definition) is 5. The Morgan fingerprint density at radius 3 is 2.46 bits per heavy atom. The predicted octanol–water partition coefficient (Wildman–Crippen LogP) is 5.85. The molecule has 3 aromatic carbocycles. The van der Waals surface area contributed by atoms with E-state index in [-0.39, 0.29) is 32.9 Å². The molecular weight excluding hydrogens is 520 g/mol. The van der Waals surface area contributed by atoms with Gasteiger partial charge in [0.05, 0.1) is 33.6 Å². The molecule has 0 fully saturated rings. The Bertz CT molecular complexity index is 1250. The molecule has 0 heterocycles. The molecule has 182 valence electrons. The van der Waals surface area contributed by atoms with Gasteiger partial charge in [-0.15, -0.1) is 0 Å². The minimum atomic E-state index is -1.01. The van der Waals surface area contributed by atoms with Crippen LogP contribution >= 0.6 is 34.8 Å². The van der Waals surface area contributed by atoms with E-state index in [0.717, 1.165) is 0 Å². The van der Waals surface area contributed by atoms with E-state index >= 15 is 0 Å². The third kappa shape index (κ3) is 7.08. The number of hydrogen-bond donors (Lipinski definition) is 2. The van der Waals surface area contributed by atoms with E-state index in [0.29, 0.717) is 23.7 Å². The summed E-state index contributed by atoms with van der Waals surface area (Å²) in [4.78, 5) is 24.1. The van der Waals surface area contributed by atoms with E-state index in [1.54, 1.807) is 43.3 Å². The molecule has 3 aromatic rings. The predicted molar refractivity (Wildman–Crippen MR) is 134 cm³/mol. The van der Waals surface area contributed by atoms with Crippen molar-refractivity contribution in [1.29, 1.82) is 0 Å². The monoisotopic (exact) mass is 537 g/mol. The normalized spacial score (nSPS) is 10.8. The summed E-state index contributed by atoms with van der Waals surface area (Å²) in [6.45, 7) is 2.05. The minimum absolute atomic E-state index is 0.0964. The zero-order chi connectivity index (χ0) is 25.4. The molecule has 0 saturated carbocycles. The molecule has 0 aliphatic heterocycles. The molecule has 35 heavy (non-hydrogen) atoms. The standard InChI is InChI=1S/C24H19Cl3FN3O4/c1-2-34-21-11-14(9-10-20(21)35-13-15-16(25)5-3-7-18(15)28)12-29-31-24(33)23(32)30-19-8-4-6-17(26)22(19)27/h3-12H,2,13H2,1H3,(H,30,32)(H,31,33)/b29-12+.